The summed E-state index contributed by atoms with van der Waals surface area (Å²) in [5.74, 6) is 1.66. The van der Waals surface area contributed by atoms with Gasteiger partial charge in [0.1, 0.15) is 5.84 Å². The Morgan fingerprint density at radius 3 is 3.06 bits per heavy atom. The Labute approximate surface area is 98.6 Å². The highest BCUT2D eigenvalue weighted by molar-refractivity contribution is 5.79. The highest BCUT2D eigenvalue weighted by Crippen LogP contribution is 2.32. The number of hydrogen-bond donors (Lipinski definition) is 2. The van der Waals surface area contributed by atoms with Crippen molar-refractivity contribution in [1.29, 1.82) is 0 Å². The summed E-state index contributed by atoms with van der Waals surface area (Å²) in [7, 11) is 0. The highest BCUT2D eigenvalue weighted by Gasteiger charge is 2.12. The van der Waals surface area contributed by atoms with Crippen molar-refractivity contribution in [1.82, 2.24) is 0 Å². The molecule has 0 fully saturated rings. The standard InChI is InChI=1S/C11H14N2O4/c12-11(13-14)3-4-15-6-8-1-2-9-10(5-8)17-7-16-9/h1-2,5,14H,3-4,6-7H2,(H2,12,13). The number of benzene rings is 1. The number of ether oxygens (including phenoxy) is 3. The third kappa shape index (κ3) is 3.01. The minimum Gasteiger partial charge on any atom is -0.454 e. The molecule has 1 aliphatic rings. The van der Waals surface area contributed by atoms with Gasteiger partial charge < -0.3 is 25.2 Å². The van der Waals surface area contributed by atoms with Gasteiger partial charge in [0.25, 0.3) is 0 Å². The van der Waals surface area contributed by atoms with Gasteiger partial charge in [-0.05, 0) is 17.7 Å². The van der Waals surface area contributed by atoms with Crippen LogP contribution in [0.1, 0.15) is 12.0 Å². The van der Waals surface area contributed by atoms with Gasteiger partial charge in [0.15, 0.2) is 11.5 Å². The number of hydrogen-bond acceptors (Lipinski definition) is 5. The maximum atomic E-state index is 8.33. The normalized spacial score (nSPS) is 14.0. The Hall–Kier alpha value is -1.95. The first-order chi connectivity index (χ1) is 8.29. The van der Waals surface area contributed by atoms with E-state index >= 15 is 0 Å². The van der Waals surface area contributed by atoms with Gasteiger partial charge in [-0.15, -0.1) is 0 Å². The zero-order valence-corrected chi connectivity index (χ0v) is 9.26. The Bertz CT molecular complexity index is 420. The molecule has 1 heterocycles. The molecule has 2 rings (SSSR count). The molecule has 0 aliphatic carbocycles. The molecule has 6 heteroatoms. The third-order valence-corrected chi connectivity index (χ3v) is 2.34. The maximum Gasteiger partial charge on any atom is 0.231 e. The monoisotopic (exact) mass is 238 g/mol. The number of nitrogens with zero attached hydrogens (tertiary/aromatic N) is 1. The van der Waals surface area contributed by atoms with Crippen LogP contribution in [0.3, 0.4) is 0 Å². The van der Waals surface area contributed by atoms with E-state index in [1.807, 2.05) is 18.2 Å². The van der Waals surface area contributed by atoms with E-state index in [1.54, 1.807) is 0 Å². The average Bonchev–Trinajstić information content (AvgIpc) is 2.81. The van der Waals surface area contributed by atoms with E-state index in [0.29, 0.717) is 19.6 Å². The van der Waals surface area contributed by atoms with Crippen molar-refractivity contribution in [3.63, 3.8) is 0 Å². The van der Waals surface area contributed by atoms with Crippen LogP contribution in [0.2, 0.25) is 0 Å². The van der Waals surface area contributed by atoms with Crippen molar-refractivity contribution in [2.45, 2.75) is 13.0 Å². The molecule has 1 aliphatic heterocycles. The Kier molecular flexibility index (Phi) is 3.66. The molecular weight excluding hydrogens is 224 g/mol. The zero-order valence-electron chi connectivity index (χ0n) is 9.26. The van der Waals surface area contributed by atoms with Gasteiger partial charge in [0.05, 0.1) is 13.2 Å². The first kappa shape index (κ1) is 11.5. The first-order valence-corrected chi connectivity index (χ1v) is 5.22. The lowest BCUT2D eigenvalue weighted by atomic mass is 10.2. The van der Waals surface area contributed by atoms with Crippen LogP contribution >= 0.6 is 0 Å². The summed E-state index contributed by atoms with van der Waals surface area (Å²) in [6, 6.07) is 5.65. The molecule has 0 unspecified atom stereocenters. The first-order valence-electron chi connectivity index (χ1n) is 5.22. The van der Waals surface area contributed by atoms with Gasteiger partial charge in [0, 0.05) is 6.42 Å². The van der Waals surface area contributed by atoms with Crippen LogP contribution in [-0.4, -0.2) is 24.4 Å². The van der Waals surface area contributed by atoms with Gasteiger partial charge >= 0.3 is 0 Å². The Morgan fingerprint density at radius 2 is 2.24 bits per heavy atom. The minimum absolute atomic E-state index is 0.163. The van der Waals surface area contributed by atoms with Crippen molar-refractivity contribution in [2.24, 2.45) is 10.9 Å². The van der Waals surface area contributed by atoms with Crippen LogP contribution in [-0.2, 0) is 11.3 Å². The van der Waals surface area contributed by atoms with Gasteiger partial charge in [-0.1, -0.05) is 11.2 Å². The minimum atomic E-state index is 0.163. The SMILES string of the molecule is N/C(CCOCc1ccc2c(c1)OCO2)=N\O. The lowest BCUT2D eigenvalue weighted by Gasteiger charge is -2.04. The lowest BCUT2D eigenvalue weighted by molar-refractivity contribution is 0.126. The van der Waals surface area contributed by atoms with Crippen LogP contribution in [0, 0.1) is 0 Å². The fourth-order valence-corrected chi connectivity index (χ4v) is 1.45. The summed E-state index contributed by atoms with van der Waals surface area (Å²) in [5, 5.41) is 11.2. The Balaban J connectivity index is 1.80. The molecule has 17 heavy (non-hydrogen) atoms. The second kappa shape index (κ2) is 5.40. The van der Waals surface area contributed by atoms with E-state index in [-0.39, 0.29) is 12.6 Å². The molecule has 1 aromatic rings. The number of nitrogens with two attached hydrogens (primary N) is 1. The molecular formula is C11H14N2O4. The van der Waals surface area contributed by atoms with Gasteiger partial charge in [0.2, 0.25) is 6.79 Å². The summed E-state index contributed by atoms with van der Waals surface area (Å²) in [6.45, 7) is 1.13. The van der Waals surface area contributed by atoms with Crippen LogP contribution in [0.4, 0.5) is 0 Å². The topological polar surface area (TPSA) is 86.3 Å². The number of fused-ring (bicyclic) bond motifs is 1. The van der Waals surface area contributed by atoms with E-state index in [2.05, 4.69) is 5.16 Å². The molecule has 0 atom stereocenters. The van der Waals surface area contributed by atoms with Gasteiger partial charge in [-0.2, -0.15) is 0 Å². The summed E-state index contributed by atoms with van der Waals surface area (Å²) < 4.78 is 15.8. The van der Waals surface area contributed by atoms with Crippen molar-refractivity contribution < 1.29 is 19.4 Å². The predicted octanol–water partition coefficient (Wildman–Crippen LogP) is 1.07. The van der Waals surface area contributed by atoms with E-state index in [0.717, 1.165) is 17.1 Å². The fraction of sp³-hybridized carbons (Fsp3) is 0.364. The fourth-order valence-electron chi connectivity index (χ4n) is 1.45. The number of oxime groups is 1. The molecule has 1 aromatic carbocycles. The molecule has 0 saturated carbocycles. The molecule has 0 spiro atoms. The number of amidine groups is 1. The molecule has 3 N–H and O–H groups in total. The molecule has 92 valence electrons. The summed E-state index contributed by atoms with van der Waals surface area (Å²) in [6.07, 6.45) is 0.404. The summed E-state index contributed by atoms with van der Waals surface area (Å²) in [4.78, 5) is 0. The van der Waals surface area contributed by atoms with Crippen molar-refractivity contribution in [3.8, 4) is 11.5 Å². The molecule has 0 bridgehead atoms. The van der Waals surface area contributed by atoms with Crippen molar-refractivity contribution in [2.75, 3.05) is 13.4 Å². The maximum absolute atomic E-state index is 8.33. The van der Waals surface area contributed by atoms with Crippen LogP contribution in [0.15, 0.2) is 23.4 Å². The van der Waals surface area contributed by atoms with Crippen LogP contribution < -0.4 is 15.2 Å². The summed E-state index contributed by atoms with van der Waals surface area (Å²) in [5.41, 5.74) is 6.30. The highest BCUT2D eigenvalue weighted by atomic mass is 16.7. The van der Waals surface area contributed by atoms with Crippen LogP contribution in [0.25, 0.3) is 0 Å². The predicted molar refractivity (Wildman–Crippen MR) is 60.2 cm³/mol. The molecule has 0 saturated heterocycles. The second-order valence-corrected chi connectivity index (χ2v) is 3.58. The molecule has 0 aromatic heterocycles. The van der Waals surface area contributed by atoms with E-state index in [1.165, 1.54) is 0 Å². The smallest absolute Gasteiger partial charge is 0.231 e. The average molecular weight is 238 g/mol. The van der Waals surface area contributed by atoms with Crippen LogP contribution in [0.5, 0.6) is 11.5 Å². The lowest BCUT2D eigenvalue weighted by Crippen LogP contribution is -2.14. The van der Waals surface area contributed by atoms with Crippen molar-refractivity contribution in [3.05, 3.63) is 23.8 Å². The van der Waals surface area contributed by atoms with E-state index in [4.69, 9.17) is 25.2 Å². The quantitative estimate of drug-likeness (QED) is 0.263. The van der Waals surface area contributed by atoms with Crippen molar-refractivity contribution >= 4 is 5.84 Å². The van der Waals surface area contributed by atoms with Gasteiger partial charge in [-0.3, -0.25) is 0 Å². The molecule has 6 nitrogen and oxygen atoms in total. The van der Waals surface area contributed by atoms with Gasteiger partial charge in [-0.25, -0.2) is 0 Å². The second-order valence-electron chi connectivity index (χ2n) is 3.58. The largest absolute Gasteiger partial charge is 0.454 e. The van der Waals surface area contributed by atoms with E-state index in [9.17, 15) is 0 Å². The van der Waals surface area contributed by atoms with E-state index < -0.39 is 0 Å². The molecule has 0 radical (unpaired) electrons. The summed E-state index contributed by atoms with van der Waals surface area (Å²) >= 11 is 0. The number of rotatable bonds is 5. The zero-order chi connectivity index (χ0) is 12.1. The molecule has 0 amide bonds. The third-order valence-electron chi connectivity index (χ3n) is 2.34. The Morgan fingerprint density at radius 1 is 1.41 bits per heavy atom.